The molecular weight excluding hydrogens is 232 g/mol. The molecule has 5 heteroatoms. The lowest BCUT2D eigenvalue weighted by Gasteiger charge is -2.37. The first-order valence-corrected chi connectivity index (χ1v) is 6.67. The Balaban J connectivity index is 2.50. The lowest BCUT2D eigenvalue weighted by molar-refractivity contribution is -0.151. The Hall–Kier alpha value is -0.650. The summed E-state index contributed by atoms with van der Waals surface area (Å²) in [7, 11) is 3.56. The van der Waals surface area contributed by atoms with Gasteiger partial charge in [-0.3, -0.25) is 4.79 Å². The van der Waals surface area contributed by atoms with Gasteiger partial charge in [-0.05, 0) is 33.7 Å². The maximum atomic E-state index is 12.0. The summed E-state index contributed by atoms with van der Waals surface area (Å²) in [6, 6.07) is 0. The van der Waals surface area contributed by atoms with Gasteiger partial charge in [-0.25, -0.2) is 0 Å². The molecule has 0 aromatic heterocycles. The molecule has 0 aromatic rings. The molecule has 1 saturated heterocycles. The maximum Gasteiger partial charge on any atom is 0.327 e. The number of likely N-dealkylation sites (tertiary alicyclic amines) is 1. The summed E-state index contributed by atoms with van der Waals surface area (Å²) >= 11 is 0. The summed E-state index contributed by atoms with van der Waals surface area (Å²) in [4.78, 5) is 14.2. The second-order valence-corrected chi connectivity index (χ2v) is 5.01. The van der Waals surface area contributed by atoms with Crippen molar-refractivity contribution in [1.29, 1.82) is 0 Å². The second kappa shape index (κ2) is 7.07. The van der Waals surface area contributed by atoms with Crippen LogP contribution in [0.4, 0.5) is 0 Å². The number of hydrogen-bond donors (Lipinski definition) is 1. The van der Waals surface area contributed by atoms with Gasteiger partial charge in [-0.1, -0.05) is 0 Å². The van der Waals surface area contributed by atoms with Gasteiger partial charge in [0.15, 0.2) is 0 Å². The molecule has 1 fully saturated rings. The van der Waals surface area contributed by atoms with Gasteiger partial charge in [0.1, 0.15) is 5.54 Å². The zero-order chi connectivity index (χ0) is 13.6. The summed E-state index contributed by atoms with van der Waals surface area (Å²) in [5.41, 5.74) is -0.629. The van der Waals surface area contributed by atoms with Crippen molar-refractivity contribution < 1.29 is 14.3 Å². The molecule has 1 aliphatic heterocycles. The highest BCUT2D eigenvalue weighted by Gasteiger charge is 2.36. The summed E-state index contributed by atoms with van der Waals surface area (Å²) in [5.74, 6) is -0.179. The molecule has 1 aliphatic rings. The van der Waals surface area contributed by atoms with Crippen molar-refractivity contribution in [2.24, 2.45) is 0 Å². The molecule has 106 valence electrons. The predicted octanol–water partition coefficient (Wildman–Crippen LogP) is 0.638. The Morgan fingerprint density at radius 3 is 2.50 bits per heavy atom. The maximum absolute atomic E-state index is 12.0. The molecule has 0 bridgehead atoms. The van der Waals surface area contributed by atoms with E-state index in [2.05, 4.69) is 10.2 Å². The van der Waals surface area contributed by atoms with E-state index in [1.807, 2.05) is 13.8 Å². The van der Waals surface area contributed by atoms with Gasteiger partial charge >= 0.3 is 5.97 Å². The molecule has 0 saturated carbocycles. The van der Waals surface area contributed by atoms with Crippen LogP contribution in [-0.4, -0.2) is 62.9 Å². The van der Waals surface area contributed by atoms with Crippen LogP contribution in [-0.2, 0) is 14.3 Å². The van der Waals surface area contributed by atoms with Crippen LogP contribution in [0.2, 0.25) is 0 Å². The smallest absolute Gasteiger partial charge is 0.327 e. The standard InChI is InChI=1S/C13H26N2O3/c1-5-18-12(16)13(2,14-3)10-15-8-6-11(17-4)7-9-15/h11,14H,5-10H2,1-4H3. The molecule has 1 N–H and O–H groups in total. The third-order valence-corrected chi connectivity index (χ3v) is 3.69. The van der Waals surface area contributed by atoms with E-state index in [4.69, 9.17) is 9.47 Å². The molecule has 18 heavy (non-hydrogen) atoms. The molecule has 1 atom stereocenters. The van der Waals surface area contributed by atoms with Gasteiger partial charge in [0.05, 0.1) is 12.7 Å². The SMILES string of the molecule is CCOC(=O)C(C)(CN1CCC(OC)CC1)NC. The minimum atomic E-state index is -0.629. The Bertz CT molecular complexity index is 265. The lowest BCUT2D eigenvalue weighted by Crippen LogP contribution is -2.57. The fourth-order valence-corrected chi connectivity index (χ4v) is 2.29. The number of likely N-dealkylation sites (N-methyl/N-ethyl adjacent to an activating group) is 1. The Kier molecular flexibility index (Phi) is 6.05. The minimum Gasteiger partial charge on any atom is -0.465 e. The summed E-state index contributed by atoms with van der Waals surface area (Å²) < 4.78 is 10.5. The third-order valence-electron chi connectivity index (χ3n) is 3.69. The van der Waals surface area contributed by atoms with Crippen LogP contribution in [0, 0.1) is 0 Å². The molecule has 5 nitrogen and oxygen atoms in total. The normalized spacial score (nSPS) is 21.6. The largest absolute Gasteiger partial charge is 0.465 e. The number of esters is 1. The number of ether oxygens (including phenoxy) is 2. The van der Waals surface area contributed by atoms with Crippen LogP contribution in [0.5, 0.6) is 0 Å². The third kappa shape index (κ3) is 3.93. The zero-order valence-corrected chi connectivity index (χ0v) is 12.0. The molecule has 0 radical (unpaired) electrons. The lowest BCUT2D eigenvalue weighted by atomic mass is 9.99. The molecule has 0 spiro atoms. The molecule has 1 heterocycles. The van der Waals surface area contributed by atoms with Gasteiger partial charge in [-0.15, -0.1) is 0 Å². The van der Waals surface area contributed by atoms with Crippen LogP contribution in [0.15, 0.2) is 0 Å². The number of nitrogens with one attached hydrogen (secondary N) is 1. The van der Waals surface area contributed by atoms with Crippen molar-refractivity contribution in [3.63, 3.8) is 0 Å². The number of methoxy groups -OCH3 is 1. The van der Waals surface area contributed by atoms with E-state index in [0.717, 1.165) is 25.9 Å². The monoisotopic (exact) mass is 258 g/mol. The van der Waals surface area contributed by atoms with E-state index in [1.165, 1.54) is 0 Å². The van der Waals surface area contributed by atoms with E-state index >= 15 is 0 Å². The number of nitrogens with zero attached hydrogens (tertiary/aromatic N) is 1. The van der Waals surface area contributed by atoms with Crippen molar-refractivity contribution in [2.45, 2.75) is 38.3 Å². The van der Waals surface area contributed by atoms with Crippen LogP contribution >= 0.6 is 0 Å². The highest BCUT2D eigenvalue weighted by Crippen LogP contribution is 2.16. The zero-order valence-electron chi connectivity index (χ0n) is 12.0. The van der Waals surface area contributed by atoms with Crippen LogP contribution < -0.4 is 5.32 Å². The van der Waals surface area contributed by atoms with Gasteiger partial charge < -0.3 is 19.7 Å². The second-order valence-electron chi connectivity index (χ2n) is 5.01. The number of hydrogen-bond acceptors (Lipinski definition) is 5. The fourth-order valence-electron chi connectivity index (χ4n) is 2.29. The van der Waals surface area contributed by atoms with E-state index in [1.54, 1.807) is 14.2 Å². The van der Waals surface area contributed by atoms with E-state index < -0.39 is 5.54 Å². The molecule has 0 aromatic carbocycles. The first-order chi connectivity index (χ1) is 8.55. The number of rotatable bonds is 6. The van der Waals surface area contributed by atoms with Crippen molar-refractivity contribution in [2.75, 3.05) is 40.4 Å². The van der Waals surface area contributed by atoms with Crippen molar-refractivity contribution in [3.05, 3.63) is 0 Å². The topological polar surface area (TPSA) is 50.8 Å². The highest BCUT2D eigenvalue weighted by atomic mass is 16.5. The first-order valence-electron chi connectivity index (χ1n) is 6.67. The molecule has 0 amide bonds. The van der Waals surface area contributed by atoms with Gasteiger partial charge in [-0.2, -0.15) is 0 Å². The summed E-state index contributed by atoms with van der Waals surface area (Å²) in [6.45, 7) is 6.76. The highest BCUT2D eigenvalue weighted by molar-refractivity contribution is 5.80. The average Bonchev–Trinajstić information content (AvgIpc) is 2.39. The predicted molar refractivity (Wildman–Crippen MR) is 70.6 cm³/mol. The average molecular weight is 258 g/mol. The van der Waals surface area contributed by atoms with Crippen molar-refractivity contribution in [3.8, 4) is 0 Å². The summed E-state index contributed by atoms with van der Waals surface area (Å²) in [6.07, 6.45) is 2.42. The Morgan fingerprint density at radius 2 is 2.06 bits per heavy atom. The fraction of sp³-hybridized carbons (Fsp3) is 0.923. The number of carbonyl (C=O) groups excluding carboxylic acids is 1. The van der Waals surface area contributed by atoms with Gasteiger partial charge in [0, 0.05) is 26.7 Å². The molecular formula is C13H26N2O3. The van der Waals surface area contributed by atoms with Crippen molar-refractivity contribution >= 4 is 5.97 Å². The van der Waals surface area contributed by atoms with Crippen LogP contribution in [0.1, 0.15) is 26.7 Å². The van der Waals surface area contributed by atoms with E-state index in [0.29, 0.717) is 19.3 Å². The summed E-state index contributed by atoms with van der Waals surface area (Å²) in [5, 5.41) is 3.09. The number of piperidine rings is 1. The Labute approximate surface area is 110 Å². The molecule has 1 rings (SSSR count). The minimum absolute atomic E-state index is 0.179. The van der Waals surface area contributed by atoms with Gasteiger partial charge in [0.2, 0.25) is 0 Å². The van der Waals surface area contributed by atoms with Crippen LogP contribution in [0.3, 0.4) is 0 Å². The Morgan fingerprint density at radius 1 is 1.44 bits per heavy atom. The van der Waals surface area contributed by atoms with E-state index in [9.17, 15) is 4.79 Å². The van der Waals surface area contributed by atoms with Crippen LogP contribution in [0.25, 0.3) is 0 Å². The van der Waals surface area contributed by atoms with Crippen molar-refractivity contribution in [1.82, 2.24) is 10.2 Å². The van der Waals surface area contributed by atoms with E-state index in [-0.39, 0.29) is 5.97 Å². The number of carbonyl (C=O) groups is 1. The van der Waals surface area contributed by atoms with Gasteiger partial charge in [0.25, 0.3) is 0 Å². The quantitative estimate of drug-likeness (QED) is 0.709. The molecule has 1 unspecified atom stereocenters. The first kappa shape index (κ1) is 15.4. The molecule has 0 aliphatic carbocycles.